The Labute approximate surface area is 104 Å². The Balaban J connectivity index is 1.84. The monoisotopic (exact) mass is 253 g/mol. The van der Waals surface area contributed by atoms with Gasteiger partial charge in [0.1, 0.15) is 0 Å². The molecule has 0 bridgehead atoms. The first kappa shape index (κ1) is 12.4. The number of carbonyl (C=O) groups excluding carboxylic acids is 1. The summed E-state index contributed by atoms with van der Waals surface area (Å²) < 4.78 is 6.62. The van der Waals surface area contributed by atoms with Crippen molar-refractivity contribution in [3.63, 3.8) is 0 Å². The van der Waals surface area contributed by atoms with E-state index in [1.54, 1.807) is 24.9 Å². The number of aryl methyl sites for hydroxylation is 1. The van der Waals surface area contributed by atoms with E-state index in [0.717, 1.165) is 0 Å². The van der Waals surface area contributed by atoms with Crippen molar-refractivity contribution in [2.24, 2.45) is 18.9 Å². The van der Waals surface area contributed by atoms with E-state index in [9.17, 15) is 9.59 Å². The summed E-state index contributed by atoms with van der Waals surface area (Å²) in [5.74, 6) is -1.45. The predicted molar refractivity (Wildman–Crippen MR) is 60.8 cm³/mol. The molecule has 2 N–H and O–H groups in total. The molecule has 1 aliphatic carbocycles. The highest BCUT2D eigenvalue weighted by Gasteiger charge is 2.48. The van der Waals surface area contributed by atoms with Gasteiger partial charge in [0.25, 0.3) is 0 Å². The van der Waals surface area contributed by atoms with Gasteiger partial charge < -0.3 is 15.2 Å². The molecule has 1 saturated carbocycles. The van der Waals surface area contributed by atoms with Crippen LogP contribution in [0.4, 0.5) is 0 Å². The average molecular weight is 253 g/mol. The maximum absolute atomic E-state index is 11.6. The van der Waals surface area contributed by atoms with Crippen molar-refractivity contribution in [2.45, 2.75) is 13.0 Å². The number of rotatable bonds is 5. The molecular weight excluding hydrogens is 238 g/mol. The van der Waals surface area contributed by atoms with Crippen molar-refractivity contribution in [1.29, 1.82) is 0 Å². The summed E-state index contributed by atoms with van der Waals surface area (Å²) in [6, 6.07) is 1.72. The molecule has 18 heavy (non-hydrogen) atoms. The fourth-order valence-corrected chi connectivity index (χ4v) is 1.85. The summed E-state index contributed by atoms with van der Waals surface area (Å²) in [5.41, 5.74) is 0.676. The highest BCUT2D eigenvalue weighted by Crippen LogP contribution is 2.38. The smallest absolute Gasteiger partial charge is 0.307 e. The average Bonchev–Trinajstić information content (AvgIpc) is 3.05. The molecule has 1 aliphatic rings. The summed E-state index contributed by atoms with van der Waals surface area (Å²) in [7, 11) is 3.28. The number of nitrogens with one attached hydrogen (secondary N) is 1. The zero-order valence-electron chi connectivity index (χ0n) is 10.2. The summed E-state index contributed by atoms with van der Waals surface area (Å²) >= 11 is 0. The Hall–Kier alpha value is -2.05. The molecule has 7 nitrogen and oxygen atoms in total. The van der Waals surface area contributed by atoms with E-state index in [-0.39, 0.29) is 12.5 Å². The molecule has 0 saturated heterocycles. The van der Waals surface area contributed by atoms with Gasteiger partial charge in [0, 0.05) is 13.1 Å². The van der Waals surface area contributed by atoms with Gasteiger partial charge in [-0.15, -0.1) is 0 Å². The molecule has 1 fully saturated rings. The molecule has 1 heterocycles. The largest absolute Gasteiger partial charge is 0.481 e. The molecule has 0 aliphatic heterocycles. The number of ether oxygens (including phenoxy) is 1. The third-order valence-corrected chi connectivity index (χ3v) is 2.98. The summed E-state index contributed by atoms with van der Waals surface area (Å²) in [4.78, 5) is 22.2. The zero-order chi connectivity index (χ0) is 13.3. The summed E-state index contributed by atoms with van der Waals surface area (Å²) in [6.07, 6.45) is 0.423. The molecule has 0 spiro atoms. The highest BCUT2D eigenvalue weighted by molar-refractivity contribution is 5.89. The molecule has 1 aromatic heterocycles. The van der Waals surface area contributed by atoms with Gasteiger partial charge in [0.2, 0.25) is 11.8 Å². The first-order chi connectivity index (χ1) is 8.52. The Bertz CT molecular complexity index is 483. The number of carbonyl (C=O) groups is 2. The van der Waals surface area contributed by atoms with Gasteiger partial charge >= 0.3 is 5.97 Å². The van der Waals surface area contributed by atoms with E-state index in [4.69, 9.17) is 9.84 Å². The Morgan fingerprint density at radius 1 is 1.61 bits per heavy atom. The minimum atomic E-state index is -0.908. The van der Waals surface area contributed by atoms with Gasteiger partial charge in [-0.2, -0.15) is 5.10 Å². The van der Waals surface area contributed by atoms with Gasteiger partial charge in [-0.3, -0.25) is 9.59 Å². The lowest BCUT2D eigenvalue weighted by Gasteiger charge is -2.01. The number of nitrogens with zero attached hydrogens (tertiary/aromatic N) is 2. The topological polar surface area (TPSA) is 93.4 Å². The second-order valence-corrected chi connectivity index (χ2v) is 4.31. The van der Waals surface area contributed by atoms with Crippen LogP contribution in [0.2, 0.25) is 0 Å². The van der Waals surface area contributed by atoms with Crippen LogP contribution < -0.4 is 10.1 Å². The Morgan fingerprint density at radius 3 is 2.83 bits per heavy atom. The minimum Gasteiger partial charge on any atom is -0.481 e. The molecule has 0 aromatic carbocycles. The molecule has 7 heteroatoms. The van der Waals surface area contributed by atoms with Gasteiger partial charge in [0.15, 0.2) is 0 Å². The highest BCUT2D eigenvalue weighted by atomic mass is 16.5. The van der Waals surface area contributed by atoms with Crippen molar-refractivity contribution in [3.8, 4) is 5.88 Å². The standard InChI is InChI=1S/C11H15N3O4/c1-14-9(18-2)3-6(13-14)5-12-10(15)7-4-8(7)11(16)17/h3,7-8H,4-5H2,1-2H3,(H,12,15)(H,16,17). The van der Waals surface area contributed by atoms with Crippen LogP contribution in [-0.2, 0) is 23.2 Å². The molecule has 0 radical (unpaired) electrons. The molecule has 2 rings (SSSR count). The summed E-state index contributed by atoms with van der Waals surface area (Å²) in [5, 5.41) is 15.5. The molecular formula is C11H15N3O4. The van der Waals surface area contributed by atoms with E-state index >= 15 is 0 Å². The van der Waals surface area contributed by atoms with Crippen LogP contribution in [0, 0.1) is 11.8 Å². The van der Waals surface area contributed by atoms with Crippen molar-refractivity contribution in [1.82, 2.24) is 15.1 Å². The van der Waals surface area contributed by atoms with E-state index in [1.165, 1.54) is 0 Å². The number of carboxylic acids is 1. The van der Waals surface area contributed by atoms with Crippen LogP contribution in [-0.4, -0.2) is 33.9 Å². The first-order valence-corrected chi connectivity index (χ1v) is 5.60. The fourth-order valence-electron chi connectivity index (χ4n) is 1.85. The molecule has 1 aromatic rings. The number of methoxy groups -OCH3 is 1. The normalized spacial score (nSPS) is 21.4. The third kappa shape index (κ3) is 2.44. The maximum atomic E-state index is 11.6. The van der Waals surface area contributed by atoms with Gasteiger partial charge in [0.05, 0.1) is 31.2 Å². The fraction of sp³-hybridized carbons (Fsp3) is 0.545. The van der Waals surface area contributed by atoms with E-state index < -0.39 is 17.8 Å². The predicted octanol–water partition coefficient (Wildman–Crippen LogP) is -0.234. The van der Waals surface area contributed by atoms with Gasteiger partial charge in [-0.25, -0.2) is 4.68 Å². The molecule has 2 unspecified atom stereocenters. The van der Waals surface area contributed by atoms with Crippen molar-refractivity contribution >= 4 is 11.9 Å². The molecule has 98 valence electrons. The SMILES string of the molecule is COc1cc(CNC(=O)C2CC2C(=O)O)nn1C. The quantitative estimate of drug-likeness (QED) is 0.755. The van der Waals surface area contributed by atoms with Crippen LogP contribution in [0.15, 0.2) is 6.07 Å². The lowest BCUT2D eigenvalue weighted by molar-refractivity contribution is -0.140. The Kier molecular flexibility index (Phi) is 3.22. The number of aromatic nitrogens is 2. The number of amides is 1. The molecule has 1 amide bonds. The lowest BCUT2D eigenvalue weighted by atomic mass is 10.3. The van der Waals surface area contributed by atoms with Crippen LogP contribution in [0.25, 0.3) is 0 Å². The minimum absolute atomic E-state index is 0.230. The number of carboxylic acid groups (broad SMARTS) is 1. The second kappa shape index (κ2) is 4.67. The van der Waals surface area contributed by atoms with E-state index in [1.807, 2.05) is 0 Å². The zero-order valence-corrected chi connectivity index (χ0v) is 10.2. The second-order valence-electron chi connectivity index (χ2n) is 4.31. The third-order valence-electron chi connectivity index (χ3n) is 2.98. The lowest BCUT2D eigenvalue weighted by Crippen LogP contribution is -2.26. The van der Waals surface area contributed by atoms with Crippen molar-refractivity contribution in [3.05, 3.63) is 11.8 Å². The van der Waals surface area contributed by atoms with E-state index in [0.29, 0.717) is 18.0 Å². The van der Waals surface area contributed by atoms with Crippen molar-refractivity contribution < 1.29 is 19.4 Å². The molecule has 2 atom stereocenters. The van der Waals surface area contributed by atoms with Crippen LogP contribution in [0.5, 0.6) is 5.88 Å². The summed E-state index contributed by atoms with van der Waals surface area (Å²) in [6.45, 7) is 0.277. The first-order valence-electron chi connectivity index (χ1n) is 5.60. The number of hydrogen-bond acceptors (Lipinski definition) is 4. The maximum Gasteiger partial charge on any atom is 0.307 e. The van der Waals surface area contributed by atoms with Gasteiger partial charge in [-0.1, -0.05) is 0 Å². The van der Waals surface area contributed by atoms with Gasteiger partial charge in [-0.05, 0) is 6.42 Å². The van der Waals surface area contributed by atoms with Crippen LogP contribution >= 0.6 is 0 Å². The Morgan fingerprint density at radius 2 is 2.33 bits per heavy atom. The number of hydrogen-bond donors (Lipinski definition) is 2. The van der Waals surface area contributed by atoms with Crippen LogP contribution in [0.1, 0.15) is 12.1 Å². The van der Waals surface area contributed by atoms with E-state index in [2.05, 4.69) is 10.4 Å². The number of aliphatic carboxylic acids is 1. The van der Waals surface area contributed by atoms with Crippen molar-refractivity contribution in [2.75, 3.05) is 7.11 Å². The van der Waals surface area contributed by atoms with Crippen LogP contribution in [0.3, 0.4) is 0 Å².